The molecule has 6 heteroatoms. The van der Waals surface area contributed by atoms with Crippen molar-refractivity contribution in [1.29, 1.82) is 0 Å². The SMILES string of the molecule is Cc1ccccc1-c1c(N)n[nH]c1-c1ccc(=O)[nH]n1. The van der Waals surface area contributed by atoms with Gasteiger partial charge in [-0.25, -0.2) is 5.10 Å². The zero-order valence-corrected chi connectivity index (χ0v) is 10.8. The topological polar surface area (TPSA) is 100 Å². The minimum atomic E-state index is -0.251. The largest absolute Gasteiger partial charge is 0.382 e. The molecular weight excluding hydrogens is 254 g/mol. The standard InChI is InChI=1S/C14H13N5O/c1-8-4-2-3-5-9(8)12-13(18-19-14(12)15)10-6-7-11(20)17-16-10/h2-7H,1H3,(H,17,20)(H3,15,18,19). The molecule has 4 N–H and O–H groups in total. The van der Waals surface area contributed by atoms with Crippen molar-refractivity contribution in [3.63, 3.8) is 0 Å². The summed E-state index contributed by atoms with van der Waals surface area (Å²) < 4.78 is 0. The molecule has 1 aromatic carbocycles. The molecule has 0 unspecified atom stereocenters. The highest BCUT2D eigenvalue weighted by Crippen LogP contribution is 2.34. The van der Waals surface area contributed by atoms with E-state index in [1.165, 1.54) is 6.07 Å². The van der Waals surface area contributed by atoms with Gasteiger partial charge in [0.1, 0.15) is 5.69 Å². The number of nitrogens with one attached hydrogen (secondary N) is 2. The van der Waals surface area contributed by atoms with Crippen LogP contribution in [-0.4, -0.2) is 20.4 Å². The first kappa shape index (κ1) is 12.2. The number of hydrogen-bond acceptors (Lipinski definition) is 4. The van der Waals surface area contributed by atoms with Crippen LogP contribution in [0.3, 0.4) is 0 Å². The maximum atomic E-state index is 11.1. The molecule has 0 radical (unpaired) electrons. The number of nitrogens with two attached hydrogens (primary N) is 1. The van der Waals surface area contributed by atoms with Crippen molar-refractivity contribution in [3.8, 4) is 22.5 Å². The van der Waals surface area contributed by atoms with Gasteiger partial charge in [-0.2, -0.15) is 10.2 Å². The second kappa shape index (κ2) is 4.65. The Balaban J connectivity index is 2.23. The van der Waals surface area contributed by atoms with Gasteiger partial charge in [0, 0.05) is 6.07 Å². The Morgan fingerprint density at radius 3 is 2.55 bits per heavy atom. The zero-order valence-electron chi connectivity index (χ0n) is 10.8. The van der Waals surface area contributed by atoms with E-state index in [0.717, 1.165) is 16.7 Å². The van der Waals surface area contributed by atoms with E-state index < -0.39 is 0 Å². The van der Waals surface area contributed by atoms with Crippen LogP contribution in [0, 0.1) is 6.92 Å². The predicted octanol–water partition coefficient (Wildman–Crippen LogP) is 1.72. The Labute approximate surface area is 114 Å². The van der Waals surface area contributed by atoms with E-state index in [-0.39, 0.29) is 5.56 Å². The van der Waals surface area contributed by atoms with Gasteiger partial charge in [0.05, 0.1) is 11.3 Å². The van der Waals surface area contributed by atoms with Crippen LogP contribution < -0.4 is 11.3 Å². The first-order valence-corrected chi connectivity index (χ1v) is 6.13. The molecule has 2 aromatic heterocycles. The summed E-state index contributed by atoms with van der Waals surface area (Å²) in [6.45, 7) is 2.01. The zero-order chi connectivity index (χ0) is 14.1. The van der Waals surface area contributed by atoms with E-state index >= 15 is 0 Å². The lowest BCUT2D eigenvalue weighted by Gasteiger charge is -2.06. The predicted molar refractivity (Wildman–Crippen MR) is 77.0 cm³/mol. The maximum Gasteiger partial charge on any atom is 0.264 e. The van der Waals surface area contributed by atoms with Crippen molar-refractivity contribution in [2.45, 2.75) is 6.92 Å². The van der Waals surface area contributed by atoms with E-state index in [2.05, 4.69) is 20.4 Å². The van der Waals surface area contributed by atoms with Gasteiger partial charge in [0.2, 0.25) is 0 Å². The molecule has 0 fully saturated rings. The third-order valence-corrected chi connectivity index (χ3v) is 3.14. The fourth-order valence-corrected chi connectivity index (χ4v) is 2.15. The molecule has 6 nitrogen and oxygen atoms in total. The second-order valence-electron chi connectivity index (χ2n) is 4.48. The summed E-state index contributed by atoms with van der Waals surface area (Å²) in [5.41, 5.74) is 9.87. The van der Waals surface area contributed by atoms with Gasteiger partial charge in [0.15, 0.2) is 5.82 Å². The molecule has 0 aliphatic carbocycles. The van der Waals surface area contributed by atoms with Crippen LogP contribution in [0.5, 0.6) is 0 Å². The Bertz CT molecular complexity index is 798. The number of aromatic amines is 2. The van der Waals surface area contributed by atoms with Gasteiger partial charge in [-0.05, 0) is 24.1 Å². The minimum Gasteiger partial charge on any atom is -0.382 e. The summed E-state index contributed by atoms with van der Waals surface area (Å²) in [4.78, 5) is 11.1. The number of nitrogen functional groups attached to an aromatic ring is 1. The van der Waals surface area contributed by atoms with Gasteiger partial charge < -0.3 is 5.73 Å². The molecule has 0 saturated carbocycles. The molecule has 3 aromatic rings. The van der Waals surface area contributed by atoms with Gasteiger partial charge in [0.25, 0.3) is 5.56 Å². The van der Waals surface area contributed by atoms with E-state index in [9.17, 15) is 4.79 Å². The van der Waals surface area contributed by atoms with Crippen LogP contribution in [0.2, 0.25) is 0 Å². The van der Waals surface area contributed by atoms with E-state index in [4.69, 9.17) is 5.73 Å². The fraction of sp³-hybridized carbons (Fsp3) is 0.0714. The molecule has 0 spiro atoms. The third-order valence-electron chi connectivity index (χ3n) is 3.14. The normalized spacial score (nSPS) is 10.7. The van der Waals surface area contributed by atoms with Crippen molar-refractivity contribution < 1.29 is 0 Å². The lowest BCUT2D eigenvalue weighted by atomic mass is 9.99. The molecule has 0 amide bonds. The van der Waals surface area contributed by atoms with Crippen LogP contribution in [0.25, 0.3) is 22.5 Å². The first-order chi connectivity index (χ1) is 9.66. The molecule has 0 aliphatic rings. The van der Waals surface area contributed by atoms with Crippen LogP contribution >= 0.6 is 0 Å². The van der Waals surface area contributed by atoms with E-state index in [1.807, 2.05) is 31.2 Å². The summed E-state index contributed by atoms with van der Waals surface area (Å²) >= 11 is 0. The van der Waals surface area contributed by atoms with Crippen molar-refractivity contribution in [1.82, 2.24) is 20.4 Å². The van der Waals surface area contributed by atoms with Crippen molar-refractivity contribution in [2.75, 3.05) is 5.73 Å². The Hall–Kier alpha value is -2.89. The Kier molecular flexibility index (Phi) is 2.83. The molecule has 3 rings (SSSR count). The van der Waals surface area contributed by atoms with Crippen LogP contribution in [-0.2, 0) is 0 Å². The highest BCUT2D eigenvalue weighted by molar-refractivity contribution is 5.87. The van der Waals surface area contributed by atoms with Crippen molar-refractivity contribution in [3.05, 3.63) is 52.3 Å². The Morgan fingerprint density at radius 1 is 1.05 bits per heavy atom. The summed E-state index contributed by atoms with van der Waals surface area (Å²) in [6.07, 6.45) is 0. The molecule has 0 saturated heterocycles. The summed E-state index contributed by atoms with van der Waals surface area (Å²) in [5.74, 6) is 0.405. The average molecular weight is 267 g/mol. The van der Waals surface area contributed by atoms with E-state index in [1.54, 1.807) is 6.07 Å². The van der Waals surface area contributed by atoms with Gasteiger partial charge in [-0.15, -0.1) is 0 Å². The number of aromatic nitrogens is 4. The average Bonchev–Trinajstić information content (AvgIpc) is 2.82. The van der Waals surface area contributed by atoms with Crippen molar-refractivity contribution in [2.24, 2.45) is 0 Å². The fourth-order valence-electron chi connectivity index (χ4n) is 2.15. The maximum absolute atomic E-state index is 11.1. The number of anilines is 1. The smallest absolute Gasteiger partial charge is 0.264 e. The summed E-state index contributed by atoms with van der Waals surface area (Å²) in [6, 6.07) is 10.9. The number of aryl methyl sites for hydroxylation is 1. The highest BCUT2D eigenvalue weighted by Gasteiger charge is 2.17. The second-order valence-corrected chi connectivity index (χ2v) is 4.48. The van der Waals surface area contributed by atoms with Crippen LogP contribution in [0.4, 0.5) is 5.82 Å². The quantitative estimate of drug-likeness (QED) is 0.658. The van der Waals surface area contributed by atoms with Crippen LogP contribution in [0.1, 0.15) is 5.56 Å². The minimum absolute atomic E-state index is 0.251. The van der Waals surface area contributed by atoms with Gasteiger partial charge in [-0.3, -0.25) is 9.89 Å². The third kappa shape index (κ3) is 1.97. The van der Waals surface area contributed by atoms with Gasteiger partial charge >= 0.3 is 0 Å². The van der Waals surface area contributed by atoms with Crippen LogP contribution in [0.15, 0.2) is 41.2 Å². The lowest BCUT2D eigenvalue weighted by Crippen LogP contribution is -2.06. The molecule has 0 bridgehead atoms. The molecular formula is C14H13N5O. The summed E-state index contributed by atoms with van der Waals surface area (Å²) in [7, 11) is 0. The van der Waals surface area contributed by atoms with Crippen molar-refractivity contribution >= 4 is 5.82 Å². The highest BCUT2D eigenvalue weighted by atomic mass is 16.1. The monoisotopic (exact) mass is 267 g/mol. The number of benzene rings is 1. The number of hydrogen-bond donors (Lipinski definition) is 3. The van der Waals surface area contributed by atoms with E-state index in [0.29, 0.717) is 17.2 Å². The number of nitrogens with zero attached hydrogens (tertiary/aromatic N) is 2. The molecule has 0 atom stereocenters. The number of rotatable bonds is 2. The lowest BCUT2D eigenvalue weighted by molar-refractivity contribution is 0.982. The number of H-pyrrole nitrogens is 2. The first-order valence-electron chi connectivity index (χ1n) is 6.13. The molecule has 100 valence electrons. The molecule has 20 heavy (non-hydrogen) atoms. The molecule has 0 aliphatic heterocycles. The molecule has 2 heterocycles. The summed E-state index contributed by atoms with van der Waals surface area (Å²) in [5, 5.41) is 13.3. The van der Waals surface area contributed by atoms with Gasteiger partial charge in [-0.1, -0.05) is 24.3 Å². The Morgan fingerprint density at radius 2 is 1.85 bits per heavy atom.